The van der Waals surface area contributed by atoms with E-state index in [2.05, 4.69) is 26.4 Å². The Morgan fingerprint density at radius 3 is 2.70 bits per heavy atom. The monoisotopic (exact) mass is 398 g/mol. The minimum Gasteiger partial charge on any atom is -0.383 e. The van der Waals surface area contributed by atoms with Crippen LogP contribution < -0.4 is 5.32 Å². The predicted molar refractivity (Wildman–Crippen MR) is 92.3 cm³/mol. The summed E-state index contributed by atoms with van der Waals surface area (Å²) < 4.78 is 13.9. The van der Waals surface area contributed by atoms with Crippen LogP contribution in [0.3, 0.4) is 0 Å². The average Bonchev–Trinajstić information content (AvgIpc) is 2.51. The molecule has 0 unspecified atom stereocenters. The third kappa shape index (κ3) is 5.33. The van der Waals surface area contributed by atoms with Gasteiger partial charge in [0.1, 0.15) is 5.82 Å². The maximum atomic E-state index is 13.0. The molecule has 0 radical (unpaired) electrons. The van der Waals surface area contributed by atoms with Gasteiger partial charge in [0, 0.05) is 4.47 Å². The molecule has 0 fully saturated rings. The van der Waals surface area contributed by atoms with Crippen molar-refractivity contribution in [2.45, 2.75) is 13.0 Å². The van der Waals surface area contributed by atoms with Crippen molar-refractivity contribution in [1.82, 2.24) is 0 Å². The van der Waals surface area contributed by atoms with Crippen molar-refractivity contribution in [2.24, 2.45) is 5.16 Å². The van der Waals surface area contributed by atoms with Gasteiger partial charge in [-0.1, -0.05) is 44.8 Å². The number of nitrogens with one attached hydrogen (secondary N) is 1. The third-order valence-electron chi connectivity index (χ3n) is 2.85. The highest BCUT2D eigenvalue weighted by molar-refractivity contribution is 9.10. The van der Waals surface area contributed by atoms with Crippen LogP contribution in [-0.2, 0) is 9.63 Å². The zero-order valence-corrected chi connectivity index (χ0v) is 14.4. The second kappa shape index (κ2) is 8.08. The van der Waals surface area contributed by atoms with Crippen LogP contribution in [0, 0.1) is 5.82 Å². The lowest BCUT2D eigenvalue weighted by Crippen LogP contribution is -2.26. The maximum Gasteiger partial charge on any atom is 0.268 e. The summed E-state index contributed by atoms with van der Waals surface area (Å²) in [5.74, 6) is -0.914. The maximum absolute atomic E-state index is 13.0. The molecule has 120 valence electrons. The van der Waals surface area contributed by atoms with E-state index >= 15 is 0 Å². The van der Waals surface area contributed by atoms with Crippen LogP contribution >= 0.6 is 27.5 Å². The summed E-state index contributed by atoms with van der Waals surface area (Å²) in [6.45, 7) is 1.55. The molecular weight excluding hydrogens is 387 g/mol. The number of carbonyl (C=O) groups is 1. The van der Waals surface area contributed by atoms with Crippen LogP contribution in [0.2, 0.25) is 5.02 Å². The highest BCUT2D eigenvalue weighted by Crippen LogP contribution is 2.22. The van der Waals surface area contributed by atoms with Gasteiger partial charge in [0.25, 0.3) is 5.91 Å². The molecule has 2 aromatic rings. The van der Waals surface area contributed by atoms with E-state index in [9.17, 15) is 9.18 Å². The van der Waals surface area contributed by atoms with Crippen LogP contribution in [-0.4, -0.2) is 18.2 Å². The number of carbonyl (C=O) groups excluding carboxylic acids is 1. The van der Waals surface area contributed by atoms with Crippen molar-refractivity contribution in [2.75, 3.05) is 5.32 Å². The molecule has 0 aliphatic rings. The van der Waals surface area contributed by atoms with Gasteiger partial charge < -0.3 is 10.2 Å². The lowest BCUT2D eigenvalue weighted by molar-refractivity contribution is -0.126. The molecule has 2 aromatic carbocycles. The number of amides is 1. The van der Waals surface area contributed by atoms with E-state index in [0.29, 0.717) is 5.69 Å². The molecule has 0 aromatic heterocycles. The first-order valence-corrected chi connectivity index (χ1v) is 7.83. The molecule has 0 saturated heterocycles. The fourth-order valence-corrected chi connectivity index (χ4v) is 2.08. The van der Waals surface area contributed by atoms with Crippen LogP contribution in [0.1, 0.15) is 12.5 Å². The number of anilines is 1. The van der Waals surface area contributed by atoms with Crippen molar-refractivity contribution < 1.29 is 14.0 Å². The van der Waals surface area contributed by atoms with Crippen molar-refractivity contribution in [3.63, 3.8) is 0 Å². The highest BCUT2D eigenvalue weighted by Gasteiger charge is 2.15. The van der Waals surface area contributed by atoms with Gasteiger partial charge in [-0.15, -0.1) is 0 Å². The van der Waals surface area contributed by atoms with Gasteiger partial charge in [0.2, 0.25) is 6.10 Å². The third-order valence-corrected chi connectivity index (χ3v) is 3.69. The van der Waals surface area contributed by atoms with E-state index in [1.165, 1.54) is 18.3 Å². The normalized spacial score (nSPS) is 12.2. The van der Waals surface area contributed by atoms with Crippen molar-refractivity contribution in [3.8, 4) is 0 Å². The Balaban J connectivity index is 1.90. The van der Waals surface area contributed by atoms with Crippen LogP contribution in [0.15, 0.2) is 52.1 Å². The van der Waals surface area contributed by atoms with Gasteiger partial charge >= 0.3 is 0 Å². The minimum atomic E-state index is -0.831. The molecule has 7 heteroatoms. The fourth-order valence-electron chi connectivity index (χ4n) is 1.60. The minimum absolute atomic E-state index is 0.115. The van der Waals surface area contributed by atoms with Crippen LogP contribution in [0.4, 0.5) is 10.1 Å². The molecule has 0 spiro atoms. The number of rotatable bonds is 5. The van der Waals surface area contributed by atoms with Crippen molar-refractivity contribution in [1.29, 1.82) is 0 Å². The van der Waals surface area contributed by atoms with Crippen LogP contribution in [0.5, 0.6) is 0 Å². The largest absolute Gasteiger partial charge is 0.383 e. The summed E-state index contributed by atoms with van der Waals surface area (Å²) in [6, 6.07) is 11.1. The molecule has 0 bridgehead atoms. The first kappa shape index (κ1) is 17.4. The van der Waals surface area contributed by atoms with Crippen molar-refractivity contribution in [3.05, 3.63) is 63.3 Å². The summed E-state index contributed by atoms with van der Waals surface area (Å²) in [6.07, 6.45) is 0.670. The smallest absolute Gasteiger partial charge is 0.268 e. The molecule has 0 aliphatic heterocycles. The summed E-state index contributed by atoms with van der Waals surface area (Å²) in [5, 5.41) is 6.44. The molecule has 0 heterocycles. The van der Waals surface area contributed by atoms with Gasteiger partial charge in [-0.05, 0) is 42.8 Å². The van der Waals surface area contributed by atoms with Gasteiger partial charge in [-0.25, -0.2) is 4.39 Å². The summed E-state index contributed by atoms with van der Waals surface area (Å²) in [4.78, 5) is 17.1. The number of benzene rings is 2. The molecule has 2 rings (SSSR count). The Hall–Kier alpha value is -1.92. The predicted octanol–water partition coefficient (Wildman–Crippen LogP) is 4.62. The first-order valence-electron chi connectivity index (χ1n) is 6.66. The molecule has 4 nitrogen and oxygen atoms in total. The molecule has 1 amide bonds. The second-order valence-corrected chi connectivity index (χ2v) is 5.97. The molecule has 0 aliphatic carbocycles. The SMILES string of the molecule is C[C@H](O/N=C\c1ccc(Br)cc1)C(=O)Nc1ccc(F)cc1Cl. The lowest BCUT2D eigenvalue weighted by atomic mass is 10.2. The Kier molecular flexibility index (Phi) is 6.12. The Bertz CT molecular complexity index is 723. The molecule has 23 heavy (non-hydrogen) atoms. The Morgan fingerprint density at radius 1 is 1.35 bits per heavy atom. The van der Waals surface area contributed by atoms with Gasteiger partial charge in [-0.2, -0.15) is 0 Å². The Labute approximate surface area is 146 Å². The van der Waals surface area contributed by atoms with E-state index in [-0.39, 0.29) is 5.02 Å². The molecular formula is C16H13BrClFN2O2. The van der Waals surface area contributed by atoms with Gasteiger partial charge in [0.15, 0.2) is 0 Å². The van der Waals surface area contributed by atoms with E-state index in [1.807, 2.05) is 24.3 Å². The number of oxime groups is 1. The number of nitrogens with zero attached hydrogens (tertiary/aromatic N) is 1. The highest BCUT2D eigenvalue weighted by atomic mass is 79.9. The van der Waals surface area contributed by atoms with Crippen molar-refractivity contribution >= 4 is 45.3 Å². The number of hydrogen-bond donors (Lipinski definition) is 1. The van der Waals surface area contributed by atoms with Gasteiger partial charge in [0.05, 0.1) is 16.9 Å². The first-order chi connectivity index (χ1) is 11.0. The lowest BCUT2D eigenvalue weighted by Gasteiger charge is -2.11. The summed E-state index contributed by atoms with van der Waals surface area (Å²) in [7, 11) is 0. The fraction of sp³-hybridized carbons (Fsp3) is 0.125. The summed E-state index contributed by atoms with van der Waals surface area (Å²) >= 11 is 9.18. The van der Waals surface area contributed by atoms with E-state index in [4.69, 9.17) is 16.4 Å². The zero-order valence-electron chi connectivity index (χ0n) is 12.1. The molecule has 1 atom stereocenters. The topological polar surface area (TPSA) is 50.7 Å². The second-order valence-electron chi connectivity index (χ2n) is 4.65. The molecule has 0 saturated carbocycles. The van der Waals surface area contributed by atoms with E-state index in [0.717, 1.165) is 16.1 Å². The molecule has 1 N–H and O–H groups in total. The quantitative estimate of drug-likeness (QED) is 0.589. The van der Waals surface area contributed by atoms with E-state index < -0.39 is 17.8 Å². The number of halogens is 3. The van der Waals surface area contributed by atoms with Gasteiger partial charge in [-0.3, -0.25) is 4.79 Å². The average molecular weight is 400 g/mol. The number of hydrogen-bond acceptors (Lipinski definition) is 3. The standard InChI is InChI=1S/C16H13BrClFN2O2/c1-10(23-20-9-11-2-4-12(17)5-3-11)16(22)21-15-7-6-13(19)8-14(15)18/h2-10H,1H3,(H,21,22)/b20-9-/t10-/m0/s1. The summed E-state index contributed by atoms with van der Waals surface area (Å²) in [5.41, 5.74) is 1.15. The van der Waals surface area contributed by atoms with E-state index in [1.54, 1.807) is 6.92 Å². The van der Waals surface area contributed by atoms with Crippen LogP contribution in [0.25, 0.3) is 0 Å². The Morgan fingerprint density at radius 2 is 2.04 bits per heavy atom. The zero-order chi connectivity index (χ0) is 16.8.